The van der Waals surface area contributed by atoms with Crippen LogP contribution in [-0.2, 0) is 4.79 Å². The van der Waals surface area contributed by atoms with Gasteiger partial charge in [0.25, 0.3) is 0 Å². The van der Waals surface area contributed by atoms with Crippen molar-refractivity contribution in [3.05, 3.63) is 11.9 Å². The molecule has 0 radical (unpaired) electrons. The largest absolute Gasteiger partial charge is 0.401 e. The summed E-state index contributed by atoms with van der Waals surface area (Å²) in [6, 6.07) is 0. The molecule has 5 heteroatoms. The molecule has 0 heterocycles. The highest BCUT2D eigenvalue weighted by Crippen LogP contribution is 2.35. The lowest BCUT2D eigenvalue weighted by Gasteiger charge is -2.24. The molecule has 0 aromatic rings. The number of allylic oxidation sites excluding steroid dienone is 1. The minimum atomic E-state index is 0.379. The van der Waals surface area contributed by atoms with E-state index in [0.29, 0.717) is 24.5 Å². The van der Waals surface area contributed by atoms with E-state index in [1.54, 1.807) is 0 Å². The first-order chi connectivity index (χ1) is 12.2. The molecule has 0 aromatic carbocycles. The molecule has 25 heavy (non-hydrogen) atoms. The van der Waals surface area contributed by atoms with E-state index < -0.39 is 0 Å². The van der Waals surface area contributed by atoms with E-state index >= 15 is 0 Å². The van der Waals surface area contributed by atoms with Crippen molar-refractivity contribution in [1.29, 1.82) is 0 Å². The van der Waals surface area contributed by atoms with Crippen LogP contribution in [0.5, 0.6) is 0 Å². The molecule has 2 atom stereocenters. The van der Waals surface area contributed by atoms with Gasteiger partial charge in [-0.05, 0) is 43.4 Å². The van der Waals surface area contributed by atoms with Gasteiger partial charge in [0.05, 0.1) is 0 Å². The molecular weight excluding hydrogens is 330 g/mol. The van der Waals surface area contributed by atoms with Crippen LogP contribution < -0.4 is 16.2 Å². The van der Waals surface area contributed by atoms with Crippen LogP contribution in [0.15, 0.2) is 11.9 Å². The molecule has 0 aliphatic heterocycles. The predicted molar refractivity (Wildman–Crippen MR) is 108 cm³/mol. The lowest BCUT2D eigenvalue weighted by atomic mass is 9.81. The zero-order valence-electron chi connectivity index (χ0n) is 15.7. The molecule has 0 spiro atoms. The molecule has 0 aromatic heterocycles. The Labute approximate surface area is 158 Å². The topological polar surface area (TPSA) is 81.1 Å². The molecule has 2 aliphatic carbocycles. The summed E-state index contributed by atoms with van der Waals surface area (Å²) in [5.74, 6) is 3.95. The lowest BCUT2D eigenvalue weighted by molar-refractivity contribution is -0.120. The summed E-state index contributed by atoms with van der Waals surface area (Å²) >= 11 is 1.50. The summed E-state index contributed by atoms with van der Waals surface area (Å²) in [4.78, 5) is 11.8. The third-order valence-electron chi connectivity index (χ3n) is 5.89. The highest BCUT2D eigenvalue weighted by atomic mass is 32.2. The van der Waals surface area contributed by atoms with Crippen LogP contribution in [0, 0.1) is 17.8 Å². The summed E-state index contributed by atoms with van der Waals surface area (Å²) < 4.78 is 0. The molecular formula is C20H37N3OS. The number of nitrogens with one attached hydrogen (secondary N) is 1. The minimum absolute atomic E-state index is 0.379. The van der Waals surface area contributed by atoms with Gasteiger partial charge in [-0.25, -0.2) is 0 Å². The maximum absolute atomic E-state index is 11.8. The Morgan fingerprint density at radius 2 is 1.88 bits per heavy atom. The first kappa shape index (κ1) is 20.6. The SMILES string of the molecule is NSCC1CCC(CCCCN/C=C(\N)CCC(=O)CC2CCC2)C1. The van der Waals surface area contributed by atoms with E-state index in [4.69, 9.17) is 10.9 Å². The zero-order chi connectivity index (χ0) is 17.9. The normalized spacial score (nSPS) is 24.3. The van der Waals surface area contributed by atoms with Crippen LogP contribution in [0.25, 0.3) is 0 Å². The van der Waals surface area contributed by atoms with Crippen LogP contribution in [-0.4, -0.2) is 18.1 Å². The van der Waals surface area contributed by atoms with Crippen molar-refractivity contribution in [2.75, 3.05) is 12.3 Å². The molecule has 2 fully saturated rings. The van der Waals surface area contributed by atoms with E-state index in [1.165, 1.54) is 69.7 Å². The van der Waals surface area contributed by atoms with E-state index in [2.05, 4.69) is 5.32 Å². The van der Waals surface area contributed by atoms with Crippen molar-refractivity contribution in [2.45, 2.75) is 77.0 Å². The van der Waals surface area contributed by atoms with Gasteiger partial charge < -0.3 is 11.1 Å². The number of carbonyl (C=O) groups excluding carboxylic acids is 1. The third kappa shape index (κ3) is 8.50. The van der Waals surface area contributed by atoms with Gasteiger partial charge in [-0.1, -0.05) is 50.5 Å². The van der Waals surface area contributed by atoms with Gasteiger partial charge in [0, 0.05) is 37.0 Å². The van der Waals surface area contributed by atoms with Crippen molar-refractivity contribution in [1.82, 2.24) is 5.32 Å². The molecule has 2 unspecified atom stereocenters. The van der Waals surface area contributed by atoms with E-state index in [1.807, 2.05) is 6.20 Å². The minimum Gasteiger partial charge on any atom is -0.401 e. The van der Waals surface area contributed by atoms with Gasteiger partial charge in [0.1, 0.15) is 5.78 Å². The molecule has 2 rings (SSSR count). The van der Waals surface area contributed by atoms with Gasteiger partial charge >= 0.3 is 0 Å². The van der Waals surface area contributed by atoms with Crippen LogP contribution in [0.3, 0.4) is 0 Å². The van der Waals surface area contributed by atoms with E-state index in [-0.39, 0.29) is 0 Å². The number of rotatable bonds is 13. The summed E-state index contributed by atoms with van der Waals surface area (Å²) in [6.45, 7) is 0.978. The molecule has 4 nitrogen and oxygen atoms in total. The Morgan fingerprint density at radius 3 is 2.60 bits per heavy atom. The highest BCUT2D eigenvalue weighted by Gasteiger charge is 2.23. The molecule has 144 valence electrons. The van der Waals surface area contributed by atoms with Gasteiger partial charge in [0.2, 0.25) is 0 Å². The van der Waals surface area contributed by atoms with Gasteiger partial charge in [-0.3, -0.25) is 9.93 Å². The molecule has 0 bridgehead atoms. The average Bonchev–Trinajstić information content (AvgIpc) is 3.00. The van der Waals surface area contributed by atoms with Crippen molar-refractivity contribution >= 4 is 17.7 Å². The fraction of sp³-hybridized carbons (Fsp3) is 0.850. The van der Waals surface area contributed by atoms with Crippen LogP contribution >= 0.6 is 11.9 Å². The highest BCUT2D eigenvalue weighted by molar-refractivity contribution is 7.97. The number of carbonyl (C=O) groups is 1. The number of ketones is 1. The maximum Gasteiger partial charge on any atom is 0.133 e. The zero-order valence-corrected chi connectivity index (χ0v) is 16.5. The predicted octanol–water partition coefficient (Wildman–Crippen LogP) is 4.11. The van der Waals surface area contributed by atoms with Crippen molar-refractivity contribution in [3.63, 3.8) is 0 Å². The van der Waals surface area contributed by atoms with Crippen molar-refractivity contribution in [2.24, 2.45) is 28.6 Å². The molecule has 0 amide bonds. The summed E-state index contributed by atoms with van der Waals surface area (Å²) in [5, 5.41) is 8.88. The number of nitrogens with two attached hydrogens (primary N) is 2. The smallest absolute Gasteiger partial charge is 0.133 e. The third-order valence-corrected chi connectivity index (χ3v) is 6.55. The summed E-state index contributed by atoms with van der Waals surface area (Å²) in [6.07, 6.45) is 15.7. The van der Waals surface area contributed by atoms with Gasteiger partial charge in [0.15, 0.2) is 0 Å². The van der Waals surface area contributed by atoms with Crippen LogP contribution in [0.4, 0.5) is 0 Å². The Balaban J connectivity index is 1.43. The number of Topliss-reactive ketones (excluding diaryl/α,β-unsaturated/α-hetero) is 1. The first-order valence-electron chi connectivity index (χ1n) is 10.2. The molecule has 2 aliphatic rings. The van der Waals surface area contributed by atoms with Crippen molar-refractivity contribution in [3.8, 4) is 0 Å². The second-order valence-corrected chi connectivity index (χ2v) is 8.75. The lowest BCUT2D eigenvalue weighted by Crippen LogP contribution is -2.16. The van der Waals surface area contributed by atoms with Gasteiger partial charge in [-0.2, -0.15) is 0 Å². The second kappa shape index (κ2) is 11.8. The standard InChI is InChI=1S/C20H37N3OS/c21-19(9-10-20(24)13-16-5-3-6-16)14-23-11-2-1-4-17-7-8-18(12-17)15-25-22/h14,16-18,23H,1-13,15,21-22H2/b19-14-. The molecule has 0 saturated heterocycles. The number of hydrogen-bond donors (Lipinski definition) is 3. The average molecular weight is 368 g/mol. The molecule has 2 saturated carbocycles. The Kier molecular flexibility index (Phi) is 9.77. The summed E-state index contributed by atoms with van der Waals surface area (Å²) in [5.41, 5.74) is 6.80. The van der Waals surface area contributed by atoms with Crippen LogP contribution in [0.1, 0.15) is 77.0 Å². The van der Waals surface area contributed by atoms with Crippen LogP contribution in [0.2, 0.25) is 0 Å². The Hall–Kier alpha value is -0.680. The summed E-state index contributed by atoms with van der Waals surface area (Å²) in [7, 11) is 0. The quantitative estimate of drug-likeness (QED) is 0.337. The second-order valence-electron chi connectivity index (χ2n) is 8.09. The monoisotopic (exact) mass is 367 g/mol. The van der Waals surface area contributed by atoms with Gasteiger partial charge in [-0.15, -0.1) is 0 Å². The maximum atomic E-state index is 11.8. The number of unbranched alkanes of at least 4 members (excludes halogenated alkanes) is 1. The van der Waals surface area contributed by atoms with E-state index in [9.17, 15) is 4.79 Å². The van der Waals surface area contributed by atoms with Crippen molar-refractivity contribution < 1.29 is 4.79 Å². The Bertz CT molecular complexity index is 423. The fourth-order valence-corrected chi connectivity index (χ4v) is 4.64. The van der Waals surface area contributed by atoms with E-state index in [0.717, 1.165) is 36.3 Å². The number of hydrogen-bond acceptors (Lipinski definition) is 5. The fourth-order valence-electron chi connectivity index (χ4n) is 4.07. The first-order valence-corrected chi connectivity index (χ1v) is 11.2. The molecule has 5 N–H and O–H groups in total. The Morgan fingerprint density at radius 1 is 1.08 bits per heavy atom.